The number of ether oxygens (including phenoxy) is 2. The summed E-state index contributed by atoms with van der Waals surface area (Å²) in [6, 6.07) is 7.14. The van der Waals surface area contributed by atoms with Gasteiger partial charge in [0.2, 0.25) is 5.88 Å². The first-order chi connectivity index (χ1) is 12.1. The van der Waals surface area contributed by atoms with Crippen LogP contribution in [0.25, 0.3) is 0 Å². The summed E-state index contributed by atoms with van der Waals surface area (Å²) in [5.74, 6) is 1.96. The van der Waals surface area contributed by atoms with Crippen molar-refractivity contribution in [3.63, 3.8) is 0 Å². The molecule has 7 heteroatoms. The van der Waals surface area contributed by atoms with E-state index in [2.05, 4.69) is 9.97 Å². The van der Waals surface area contributed by atoms with Gasteiger partial charge in [0.05, 0.1) is 26.0 Å². The molecule has 0 aliphatic carbocycles. The van der Waals surface area contributed by atoms with Gasteiger partial charge in [-0.2, -0.15) is 4.98 Å². The summed E-state index contributed by atoms with van der Waals surface area (Å²) < 4.78 is 11.0. The van der Waals surface area contributed by atoms with Crippen molar-refractivity contribution in [3.05, 3.63) is 42.2 Å². The molecule has 2 heterocycles. The topological polar surface area (TPSA) is 67.8 Å². The van der Waals surface area contributed by atoms with Crippen LogP contribution in [0.1, 0.15) is 16.8 Å². The monoisotopic (exact) mass is 342 g/mol. The second-order valence-electron chi connectivity index (χ2n) is 6.12. The SMILES string of the molecule is COc1ccc(C(=O)N2CCC(Oc3cncc(N(C)C)n3)C2)cc1. The van der Waals surface area contributed by atoms with Crippen LogP contribution in [0.5, 0.6) is 11.6 Å². The highest BCUT2D eigenvalue weighted by atomic mass is 16.5. The minimum absolute atomic E-state index is 0.00174. The summed E-state index contributed by atoms with van der Waals surface area (Å²) in [5, 5.41) is 0. The fraction of sp³-hybridized carbons (Fsp3) is 0.389. The number of carbonyl (C=O) groups excluding carboxylic acids is 1. The average molecular weight is 342 g/mol. The number of hydrogen-bond donors (Lipinski definition) is 0. The second-order valence-corrected chi connectivity index (χ2v) is 6.12. The van der Waals surface area contributed by atoms with Gasteiger partial charge >= 0.3 is 0 Å². The van der Waals surface area contributed by atoms with Crippen molar-refractivity contribution in [2.24, 2.45) is 0 Å². The lowest BCUT2D eigenvalue weighted by molar-refractivity contribution is 0.0771. The molecule has 0 radical (unpaired) electrons. The lowest BCUT2D eigenvalue weighted by atomic mass is 10.2. The van der Waals surface area contributed by atoms with Crippen LogP contribution in [0.4, 0.5) is 5.82 Å². The number of nitrogens with zero attached hydrogens (tertiary/aromatic N) is 4. The Kier molecular flexibility index (Phi) is 5.02. The fourth-order valence-corrected chi connectivity index (χ4v) is 2.71. The lowest BCUT2D eigenvalue weighted by Gasteiger charge is -2.18. The molecule has 0 bridgehead atoms. The molecular weight excluding hydrogens is 320 g/mol. The van der Waals surface area contributed by atoms with E-state index in [1.165, 1.54) is 0 Å². The van der Waals surface area contributed by atoms with Gasteiger partial charge in [0.15, 0.2) is 5.82 Å². The number of anilines is 1. The van der Waals surface area contributed by atoms with Gasteiger partial charge in [-0.05, 0) is 24.3 Å². The molecule has 0 spiro atoms. The Balaban J connectivity index is 1.61. The highest BCUT2D eigenvalue weighted by Crippen LogP contribution is 2.20. The van der Waals surface area contributed by atoms with Crippen LogP contribution >= 0.6 is 0 Å². The number of likely N-dealkylation sites (tertiary alicyclic amines) is 1. The van der Waals surface area contributed by atoms with Gasteiger partial charge in [-0.3, -0.25) is 9.78 Å². The first-order valence-electron chi connectivity index (χ1n) is 8.16. The Morgan fingerprint density at radius 1 is 1.24 bits per heavy atom. The maximum absolute atomic E-state index is 12.6. The van der Waals surface area contributed by atoms with Gasteiger partial charge in [-0.25, -0.2) is 0 Å². The number of carbonyl (C=O) groups is 1. The molecule has 1 aliphatic heterocycles. The highest BCUT2D eigenvalue weighted by Gasteiger charge is 2.28. The van der Waals surface area contributed by atoms with Gasteiger partial charge in [0, 0.05) is 32.6 Å². The molecule has 0 N–H and O–H groups in total. The molecule has 132 valence electrons. The minimum Gasteiger partial charge on any atom is -0.497 e. The molecule has 1 unspecified atom stereocenters. The molecular formula is C18H22N4O3. The Morgan fingerprint density at radius 2 is 2.00 bits per heavy atom. The molecule has 0 saturated carbocycles. The van der Waals surface area contributed by atoms with Crippen LogP contribution in [-0.4, -0.2) is 61.2 Å². The molecule has 1 atom stereocenters. The van der Waals surface area contributed by atoms with E-state index in [0.29, 0.717) is 24.5 Å². The zero-order chi connectivity index (χ0) is 17.8. The minimum atomic E-state index is -0.0751. The summed E-state index contributed by atoms with van der Waals surface area (Å²) in [6.45, 7) is 1.20. The average Bonchev–Trinajstić information content (AvgIpc) is 3.10. The van der Waals surface area contributed by atoms with Crippen LogP contribution < -0.4 is 14.4 Å². The Bertz CT molecular complexity index is 733. The first kappa shape index (κ1) is 17.0. The molecule has 1 aromatic heterocycles. The maximum atomic E-state index is 12.6. The number of rotatable bonds is 5. The highest BCUT2D eigenvalue weighted by molar-refractivity contribution is 5.94. The normalized spacial score (nSPS) is 16.6. The molecule has 3 rings (SSSR count). The number of methoxy groups -OCH3 is 1. The molecule has 7 nitrogen and oxygen atoms in total. The van der Waals surface area contributed by atoms with Crippen LogP contribution in [-0.2, 0) is 0 Å². The number of benzene rings is 1. The summed E-state index contributed by atoms with van der Waals surface area (Å²) in [6.07, 6.45) is 3.98. The quantitative estimate of drug-likeness (QED) is 0.826. The van der Waals surface area contributed by atoms with Crippen molar-refractivity contribution < 1.29 is 14.3 Å². The van der Waals surface area contributed by atoms with Crippen molar-refractivity contribution >= 4 is 11.7 Å². The van der Waals surface area contributed by atoms with Crippen LogP contribution in [0, 0.1) is 0 Å². The lowest BCUT2D eigenvalue weighted by Crippen LogP contribution is -2.31. The zero-order valence-corrected chi connectivity index (χ0v) is 14.7. The smallest absolute Gasteiger partial charge is 0.253 e. The molecule has 1 saturated heterocycles. The van der Waals surface area contributed by atoms with Crippen LogP contribution in [0.3, 0.4) is 0 Å². The molecule has 25 heavy (non-hydrogen) atoms. The summed E-state index contributed by atoms with van der Waals surface area (Å²) >= 11 is 0. The van der Waals surface area contributed by atoms with E-state index in [4.69, 9.17) is 9.47 Å². The number of amides is 1. The van der Waals surface area contributed by atoms with Gasteiger partial charge in [0.25, 0.3) is 5.91 Å². The number of hydrogen-bond acceptors (Lipinski definition) is 6. The summed E-state index contributed by atoms with van der Waals surface area (Å²) in [7, 11) is 5.41. The van der Waals surface area contributed by atoms with E-state index in [1.54, 1.807) is 48.7 Å². The third-order valence-electron chi connectivity index (χ3n) is 4.11. The van der Waals surface area contributed by atoms with E-state index in [-0.39, 0.29) is 12.0 Å². The van der Waals surface area contributed by atoms with E-state index >= 15 is 0 Å². The van der Waals surface area contributed by atoms with Crippen LogP contribution in [0.15, 0.2) is 36.7 Å². The Hall–Kier alpha value is -2.83. The molecule has 1 amide bonds. The molecule has 1 aromatic carbocycles. The van der Waals surface area contributed by atoms with Gasteiger partial charge in [0.1, 0.15) is 11.9 Å². The van der Waals surface area contributed by atoms with Crippen molar-refractivity contribution in [2.75, 3.05) is 39.2 Å². The zero-order valence-electron chi connectivity index (χ0n) is 14.7. The molecule has 2 aromatic rings. The van der Waals surface area contributed by atoms with E-state index in [1.807, 2.05) is 19.0 Å². The maximum Gasteiger partial charge on any atom is 0.253 e. The van der Waals surface area contributed by atoms with Gasteiger partial charge in [-0.15, -0.1) is 0 Å². The van der Waals surface area contributed by atoms with Gasteiger partial charge < -0.3 is 19.3 Å². The predicted molar refractivity (Wildman–Crippen MR) is 94.3 cm³/mol. The molecule has 1 fully saturated rings. The largest absolute Gasteiger partial charge is 0.497 e. The summed E-state index contributed by atoms with van der Waals surface area (Å²) in [5.41, 5.74) is 0.649. The van der Waals surface area contributed by atoms with Crippen molar-refractivity contribution in [3.8, 4) is 11.6 Å². The van der Waals surface area contributed by atoms with Crippen molar-refractivity contribution in [1.29, 1.82) is 0 Å². The second kappa shape index (κ2) is 7.38. The standard InChI is InChI=1S/C18H22N4O3/c1-21(2)16-10-19-11-17(20-16)25-15-8-9-22(12-15)18(23)13-4-6-14(24-3)7-5-13/h4-7,10-11,15H,8-9,12H2,1-3H3. The first-order valence-corrected chi connectivity index (χ1v) is 8.16. The van der Waals surface area contributed by atoms with E-state index in [0.717, 1.165) is 18.0 Å². The summed E-state index contributed by atoms with van der Waals surface area (Å²) in [4.78, 5) is 24.8. The fourth-order valence-electron chi connectivity index (χ4n) is 2.71. The van der Waals surface area contributed by atoms with Crippen molar-refractivity contribution in [2.45, 2.75) is 12.5 Å². The third-order valence-corrected chi connectivity index (χ3v) is 4.11. The van der Waals surface area contributed by atoms with E-state index < -0.39 is 0 Å². The number of aromatic nitrogens is 2. The molecule has 1 aliphatic rings. The van der Waals surface area contributed by atoms with Crippen LogP contribution in [0.2, 0.25) is 0 Å². The van der Waals surface area contributed by atoms with Crippen molar-refractivity contribution in [1.82, 2.24) is 14.9 Å². The Labute approximate surface area is 147 Å². The predicted octanol–water partition coefficient (Wildman–Crippen LogP) is 1.84. The Morgan fingerprint density at radius 3 is 2.68 bits per heavy atom. The van der Waals surface area contributed by atoms with E-state index in [9.17, 15) is 4.79 Å². The van der Waals surface area contributed by atoms with Gasteiger partial charge in [-0.1, -0.05) is 0 Å². The third kappa shape index (κ3) is 3.99.